The van der Waals surface area contributed by atoms with Crippen LogP contribution < -0.4 is 19.7 Å². The highest BCUT2D eigenvalue weighted by atomic mass is 16.5. The van der Waals surface area contributed by atoms with Crippen molar-refractivity contribution >= 4 is 17.4 Å². The molecule has 0 bridgehead atoms. The van der Waals surface area contributed by atoms with Crippen molar-refractivity contribution < 1.29 is 14.3 Å². The van der Waals surface area contributed by atoms with Crippen LogP contribution in [0.15, 0.2) is 36.4 Å². The van der Waals surface area contributed by atoms with E-state index < -0.39 is 0 Å². The molecule has 1 fully saturated rings. The van der Waals surface area contributed by atoms with Gasteiger partial charge in [-0.3, -0.25) is 9.69 Å². The van der Waals surface area contributed by atoms with E-state index in [-0.39, 0.29) is 12.0 Å². The molecule has 7 heteroatoms. The molecule has 0 atom stereocenters. The Kier molecular flexibility index (Phi) is 7.47. The maximum absolute atomic E-state index is 11.5. The summed E-state index contributed by atoms with van der Waals surface area (Å²) in [5, 5.41) is 2.82. The molecule has 1 aromatic heterocycles. The minimum absolute atomic E-state index is 0.0261. The highest BCUT2D eigenvalue weighted by Crippen LogP contribution is 2.29. The standard InChI is InChI=1S/C25H34N4O3/c1-19(2)32-22-8-4-3-7-21(22)29-16-14-28(15-17-29)13-5-6-18-31-24-12-10-20-9-11-23(30)26-25(20)27-24/h3-4,7-8,10,12,19H,5-6,9,11,13-18H2,1-2H3,(H,26,27,30). The second kappa shape index (κ2) is 10.7. The van der Waals surface area contributed by atoms with E-state index in [9.17, 15) is 4.79 Å². The Morgan fingerprint density at radius 1 is 1.03 bits per heavy atom. The number of nitrogens with zero attached hydrogens (tertiary/aromatic N) is 3. The maximum Gasteiger partial charge on any atom is 0.225 e. The SMILES string of the molecule is CC(C)Oc1ccccc1N1CCN(CCCCOc2ccc3c(n2)NC(=O)CC3)CC1. The summed E-state index contributed by atoms with van der Waals surface area (Å²) in [5.74, 6) is 2.24. The molecule has 4 rings (SSSR count). The van der Waals surface area contributed by atoms with E-state index in [0.717, 1.165) is 63.3 Å². The van der Waals surface area contributed by atoms with Crippen LogP contribution >= 0.6 is 0 Å². The van der Waals surface area contributed by atoms with E-state index in [1.54, 1.807) is 0 Å². The van der Waals surface area contributed by atoms with E-state index in [1.807, 2.05) is 18.2 Å². The molecule has 1 amide bonds. The summed E-state index contributed by atoms with van der Waals surface area (Å²) in [6.07, 6.45) is 3.53. The van der Waals surface area contributed by atoms with Crippen LogP contribution in [0.5, 0.6) is 11.6 Å². The van der Waals surface area contributed by atoms with Gasteiger partial charge in [-0.05, 0) is 63.4 Å². The third kappa shape index (κ3) is 5.91. The van der Waals surface area contributed by atoms with Crippen molar-refractivity contribution in [1.82, 2.24) is 9.88 Å². The number of piperazine rings is 1. The molecule has 1 N–H and O–H groups in total. The first-order chi connectivity index (χ1) is 15.6. The zero-order valence-corrected chi connectivity index (χ0v) is 19.2. The lowest BCUT2D eigenvalue weighted by molar-refractivity contribution is -0.116. The van der Waals surface area contributed by atoms with E-state index in [1.165, 1.54) is 5.69 Å². The minimum atomic E-state index is 0.0261. The highest BCUT2D eigenvalue weighted by Gasteiger charge is 2.20. The number of para-hydroxylation sites is 2. The van der Waals surface area contributed by atoms with Crippen molar-refractivity contribution in [2.24, 2.45) is 0 Å². The molecule has 0 unspecified atom stereocenters. The normalized spacial score (nSPS) is 16.6. The average Bonchev–Trinajstić information content (AvgIpc) is 2.79. The molecule has 2 aliphatic rings. The lowest BCUT2D eigenvalue weighted by atomic mass is 10.1. The van der Waals surface area contributed by atoms with Gasteiger partial charge >= 0.3 is 0 Å². The number of unbranched alkanes of at least 4 members (excludes halogenated alkanes) is 1. The molecule has 1 saturated heterocycles. The van der Waals surface area contributed by atoms with Crippen LogP contribution in [0.25, 0.3) is 0 Å². The molecule has 0 saturated carbocycles. The summed E-state index contributed by atoms with van der Waals surface area (Å²) >= 11 is 0. The first-order valence-electron chi connectivity index (χ1n) is 11.7. The Morgan fingerprint density at radius 3 is 2.66 bits per heavy atom. The van der Waals surface area contributed by atoms with Gasteiger partial charge in [0.15, 0.2) is 0 Å². The predicted molar refractivity (Wildman–Crippen MR) is 127 cm³/mol. The third-order valence-electron chi connectivity index (χ3n) is 5.89. The molecule has 7 nitrogen and oxygen atoms in total. The van der Waals surface area contributed by atoms with E-state index in [0.29, 0.717) is 24.7 Å². The van der Waals surface area contributed by atoms with Crippen LogP contribution in [-0.4, -0.2) is 61.2 Å². The first-order valence-corrected chi connectivity index (χ1v) is 11.7. The summed E-state index contributed by atoms with van der Waals surface area (Å²) in [4.78, 5) is 20.9. The summed E-state index contributed by atoms with van der Waals surface area (Å²) in [6.45, 7) is 10.00. The molecule has 32 heavy (non-hydrogen) atoms. The fourth-order valence-electron chi connectivity index (χ4n) is 4.20. The van der Waals surface area contributed by atoms with Gasteiger partial charge in [0.2, 0.25) is 11.8 Å². The number of carbonyl (C=O) groups excluding carboxylic acids is 1. The average molecular weight is 439 g/mol. The number of nitrogens with one attached hydrogen (secondary N) is 1. The largest absolute Gasteiger partial charge is 0.489 e. The number of rotatable bonds is 9. The number of aryl methyl sites for hydroxylation is 1. The van der Waals surface area contributed by atoms with Crippen molar-refractivity contribution in [2.45, 2.75) is 45.6 Å². The molecule has 0 radical (unpaired) electrons. The first kappa shape index (κ1) is 22.4. The van der Waals surface area contributed by atoms with E-state index in [2.05, 4.69) is 52.1 Å². The zero-order valence-electron chi connectivity index (χ0n) is 19.2. The number of anilines is 2. The minimum Gasteiger partial charge on any atom is -0.489 e. The molecule has 172 valence electrons. The number of aromatic nitrogens is 1. The van der Waals surface area contributed by atoms with Crippen LogP contribution in [0.3, 0.4) is 0 Å². The number of amides is 1. The number of fused-ring (bicyclic) bond motifs is 1. The smallest absolute Gasteiger partial charge is 0.225 e. The third-order valence-corrected chi connectivity index (χ3v) is 5.89. The zero-order chi connectivity index (χ0) is 22.3. The van der Waals surface area contributed by atoms with Crippen molar-refractivity contribution in [1.29, 1.82) is 0 Å². The molecule has 2 aliphatic heterocycles. The molecular formula is C25H34N4O3. The van der Waals surface area contributed by atoms with E-state index in [4.69, 9.17) is 9.47 Å². The summed E-state index contributed by atoms with van der Waals surface area (Å²) in [5.41, 5.74) is 2.28. The van der Waals surface area contributed by atoms with Crippen molar-refractivity contribution in [3.63, 3.8) is 0 Å². The highest BCUT2D eigenvalue weighted by molar-refractivity contribution is 5.92. The van der Waals surface area contributed by atoms with Gasteiger partial charge in [0.05, 0.1) is 18.4 Å². The number of pyridine rings is 1. The molecule has 1 aromatic carbocycles. The number of hydrogen-bond acceptors (Lipinski definition) is 6. The predicted octanol–water partition coefficient (Wildman–Crippen LogP) is 3.73. The van der Waals surface area contributed by atoms with Crippen LogP contribution in [0.2, 0.25) is 0 Å². The number of carbonyl (C=O) groups is 1. The van der Waals surface area contributed by atoms with Crippen LogP contribution in [0.4, 0.5) is 11.5 Å². The van der Waals surface area contributed by atoms with Gasteiger partial charge < -0.3 is 19.7 Å². The Bertz CT molecular complexity index is 910. The van der Waals surface area contributed by atoms with Crippen molar-refractivity contribution in [2.75, 3.05) is 49.5 Å². The summed E-state index contributed by atoms with van der Waals surface area (Å²) in [7, 11) is 0. The van der Waals surface area contributed by atoms with Gasteiger partial charge in [0, 0.05) is 38.7 Å². The second-order valence-electron chi connectivity index (χ2n) is 8.72. The molecular weight excluding hydrogens is 404 g/mol. The number of benzene rings is 1. The fraction of sp³-hybridized carbons (Fsp3) is 0.520. The van der Waals surface area contributed by atoms with Gasteiger partial charge in [-0.1, -0.05) is 12.1 Å². The second-order valence-corrected chi connectivity index (χ2v) is 8.72. The monoisotopic (exact) mass is 438 g/mol. The molecule has 3 heterocycles. The van der Waals surface area contributed by atoms with Gasteiger partial charge in [-0.2, -0.15) is 4.98 Å². The lowest BCUT2D eigenvalue weighted by Gasteiger charge is -2.37. The Morgan fingerprint density at radius 2 is 1.84 bits per heavy atom. The topological polar surface area (TPSA) is 66.9 Å². The summed E-state index contributed by atoms with van der Waals surface area (Å²) in [6, 6.07) is 12.2. The molecule has 0 aliphatic carbocycles. The van der Waals surface area contributed by atoms with Gasteiger partial charge in [0.1, 0.15) is 11.6 Å². The summed E-state index contributed by atoms with van der Waals surface area (Å²) < 4.78 is 11.8. The Labute approximate surface area is 190 Å². The fourth-order valence-corrected chi connectivity index (χ4v) is 4.20. The van der Waals surface area contributed by atoms with Crippen molar-refractivity contribution in [3.8, 4) is 11.6 Å². The number of ether oxygens (including phenoxy) is 2. The molecule has 2 aromatic rings. The van der Waals surface area contributed by atoms with Crippen LogP contribution in [-0.2, 0) is 11.2 Å². The molecule has 0 spiro atoms. The number of hydrogen-bond donors (Lipinski definition) is 1. The van der Waals surface area contributed by atoms with Gasteiger partial charge in [-0.25, -0.2) is 0 Å². The van der Waals surface area contributed by atoms with Crippen molar-refractivity contribution in [3.05, 3.63) is 42.0 Å². The maximum atomic E-state index is 11.5. The van der Waals surface area contributed by atoms with Crippen LogP contribution in [0, 0.1) is 0 Å². The quantitative estimate of drug-likeness (QED) is 0.602. The van der Waals surface area contributed by atoms with Gasteiger partial charge in [0.25, 0.3) is 0 Å². The van der Waals surface area contributed by atoms with E-state index >= 15 is 0 Å². The lowest BCUT2D eigenvalue weighted by Crippen LogP contribution is -2.46. The van der Waals surface area contributed by atoms with Gasteiger partial charge in [-0.15, -0.1) is 0 Å². The van der Waals surface area contributed by atoms with Crippen LogP contribution in [0.1, 0.15) is 38.7 Å². The Hall–Kier alpha value is -2.80. The Balaban J connectivity index is 1.16.